The molecule has 1 aliphatic carbocycles. The summed E-state index contributed by atoms with van der Waals surface area (Å²) in [6.07, 6.45) is -0.410. The first-order chi connectivity index (χ1) is 13.8. The van der Waals surface area contributed by atoms with Crippen molar-refractivity contribution in [2.45, 2.75) is 32.2 Å². The Hall–Kier alpha value is -2.97. The number of hydrogen-bond acceptors (Lipinski definition) is 5. The van der Waals surface area contributed by atoms with Gasteiger partial charge in [0, 0.05) is 41.3 Å². The largest absolute Gasteiger partial charge is 0.511 e. The van der Waals surface area contributed by atoms with Crippen LogP contribution in [-0.4, -0.2) is 33.0 Å². The average molecular weight is 434 g/mol. The van der Waals surface area contributed by atoms with Crippen LogP contribution in [0.4, 0.5) is 4.79 Å². The van der Waals surface area contributed by atoms with Crippen molar-refractivity contribution >= 4 is 29.5 Å². The van der Waals surface area contributed by atoms with Gasteiger partial charge >= 0.3 is 6.16 Å². The number of aryl methyl sites for hydroxylation is 1. The molecule has 30 heavy (non-hydrogen) atoms. The van der Waals surface area contributed by atoms with E-state index in [0.717, 1.165) is 40.7 Å². The number of hydrogen-bond donors (Lipinski definition) is 4. The maximum absolute atomic E-state index is 12.4. The summed E-state index contributed by atoms with van der Waals surface area (Å²) in [6, 6.07) is 6.26. The monoisotopic (exact) mass is 433 g/mol. The number of rotatable bonds is 3. The van der Waals surface area contributed by atoms with Gasteiger partial charge in [0.1, 0.15) is 0 Å². The van der Waals surface area contributed by atoms with Crippen molar-refractivity contribution < 1.29 is 19.7 Å². The number of fused-ring (bicyclic) bond motifs is 4. The number of halogens is 1. The molecule has 4 rings (SSSR count). The van der Waals surface area contributed by atoms with Gasteiger partial charge in [0.25, 0.3) is 5.56 Å². The molecule has 0 fully saturated rings. The van der Waals surface area contributed by atoms with Gasteiger partial charge < -0.3 is 29.8 Å². The number of H-pyrrole nitrogens is 1. The number of aromatic nitrogens is 2. The van der Waals surface area contributed by atoms with Crippen molar-refractivity contribution in [3.8, 4) is 22.8 Å². The molecule has 0 bridgehead atoms. The fourth-order valence-corrected chi connectivity index (χ4v) is 4.21. The Morgan fingerprint density at radius 3 is 2.77 bits per heavy atom. The van der Waals surface area contributed by atoms with E-state index >= 15 is 0 Å². The molecule has 3 aromatic rings. The van der Waals surface area contributed by atoms with Gasteiger partial charge in [0.05, 0.1) is 5.69 Å². The number of carbonyl (C=O) groups is 1. The van der Waals surface area contributed by atoms with E-state index in [1.165, 1.54) is 0 Å². The Kier molecular flexibility index (Phi) is 5.83. The molecule has 1 aliphatic rings. The molecule has 0 aliphatic heterocycles. The third kappa shape index (κ3) is 3.42. The minimum atomic E-state index is -1.64. The van der Waals surface area contributed by atoms with E-state index < -0.39 is 23.2 Å². The lowest BCUT2D eigenvalue weighted by molar-refractivity contribution is 0.142. The second kappa shape index (κ2) is 8.04. The summed E-state index contributed by atoms with van der Waals surface area (Å²) in [5, 5.41) is 23.7. The lowest BCUT2D eigenvalue weighted by Gasteiger charge is -2.15. The smallest absolute Gasteiger partial charge is 0.504 e. The van der Waals surface area contributed by atoms with Gasteiger partial charge in [-0.05, 0) is 49.6 Å². The summed E-state index contributed by atoms with van der Waals surface area (Å²) in [6.45, 7) is 2.84. The highest BCUT2D eigenvalue weighted by molar-refractivity contribution is 5.89. The van der Waals surface area contributed by atoms with Gasteiger partial charge in [-0.25, -0.2) is 4.79 Å². The number of pyridine rings is 1. The van der Waals surface area contributed by atoms with Crippen molar-refractivity contribution in [2.24, 2.45) is 7.05 Å². The zero-order valence-corrected chi connectivity index (χ0v) is 17.7. The Bertz CT molecular complexity index is 1200. The van der Waals surface area contributed by atoms with Gasteiger partial charge in [-0.1, -0.05) is 6.92 Å². The lowest BCUT2D eigenvalue weighted by atomic mass is 9.92. The standard InChI is InChI=1S/C21H23N3O5.ClH/c1-10-4-5-13-17(23-20(26)19(18(13)25)29-21(27)28)15-7-11-6-12(9-22-2)24(3)16(11)8-14(10)15;/h6-8,10,22H,4-5,9H2,1-3H3,(H,27,28)(H2,23,25,26);1H. The number of aromatic amines is 1. The van der Waals surface area contributed by atoms with Gasteiger partial charge in [-0.2, -0.15) is 0 Å². The normalized spacial score (nSPS) is 15.1. The number of aromatic hydroxyl groups is 1. The first-order valence-corrected chi connectivity index (χ1v) is 9.48. The van der Waals surface area contributed by atoms with Crippen molar-refractivity contribution in [1.82, 2.24) is 14.9 Å². The maximum atomic E-state index is 12.4. The maximum Gasteiger partial charge on any atom is 0.511 e. The fraction of sp³-hybridized carbons (Fsp3) is 0.333. The molecule has 2 heterocycles. The zero-order valence-electron chi connectivity index (χ0n) is 16.9. The Morgan fingerprint density at radius 2 is 2.10 bits per heavy atom. The van der Waals surface area contributed by atoms with E-state index in [1.54, 1.807) is 0 Å². The topological polar surface area (TPSA) is 117 Å². The fourth-order valence-electron chi connectivity index (χ4n) is 4.21. The molecule has 9 heteroatoms. The Labute approximate surface area is 178 Å². The molecule has 0 saturated heterocycles. The van der Waals surface area contributed by atoms with E-state index in [4.69, 9.17) is 5.11 Å². The summed E-state index contributed by atoms with van der Waals surface area (Å²) in [4.78, 5) is 26.1. The van der Waals surface area contributed by atoms with Crippen LogP contribution in [0.5, 0.6) is 11.5 Å². The van der Waals surface area contributed by atoms with E-state index in [-0.39, 0.29) is 18.3 Å². The van der Waals surface area contributed by atoms with Gasteiger partial charge in [0.2, 0.25) is 5.75 Å². The molecular formula is C21H24ClN3O5. The molecule has 0 saturated carbocycles. The predicted molar refractivity (Wildman–Crippen MR) is 116 cm³/mol. The molecule has 160 valence electrons. The summed E-state index contributed by atoms with van der Waals surface area (Å²) < 4.78 is 6.67. The zero-order chi connectivity index (χ0) is 20.9. The predicted octanol–water partition coefficient (Wildman–Crippen LogP) is 3.49. The first kappa shape index (κ1) is 21.7. The summed E-state index contributed by atoms with van der Waals surface area (Å²) >= 11 is 0. The number of nitrogens with zero attached hydrogens (tertiary/aromatic N) is 1. The van der Waals surface area contributed by atoms with E-state index in [0.29, 0.717) is 17.7 Å². The molecule has 1 unspecified atom stereocenters. The van der Waals surface area contributed by atoms with Crippen LogP contribution < -0.4 is 15.6 Å². The van der Waals surface area contributed by atoms with Crippen LogP contribution >= 0.6 is 12.4 Å². The molecule has 8 nitrogen and oxygen atoms in total. The van der Waals surface area contributed by atoms with Crippen molar-refractivity contribution in [1.29, 1.82) is 0 Å². The van der Waals surface area contributed by atoms with E-state index in [2.05, 4.69) is 38.7 Å². The molecule has 0 spiro atoms. The minimum Gasteiger partial charge on any atom is -0.504 e. The third-order valence-electron chi connectivity index (χ3n) is 5.74. The molecular weight excluding hydrogens is 410 g/mol. The second-order valence-corrected chi connectivity index (χ2v) is 7.52. The van der Waals surface area contributed by atoms with Crippen LogP contribution in [0.3, 0.4) is 0 Å². The summed E-state index contributed by atoms with van der Waals surface area (Å²) in [7, 11) is 3.93. The summed E-state index contributed by atoms with van der Waals surface area (Å²) in [5.74, 6) is -0.795. The SMILES string of the molecule is CNCc1cc2cc3c(cc2n1C)C(C)CCc1c-3[nH]c(=O)c(OC(=O)O)c1O.Cl. The molecule has 2 aromatic heterocycles. The first-order valence-electron chi connectivity index (χ1n) is 9.48. The van der Waals surface area contributed by atoms with E-state index in [1.807, 2.05) is 20.2 Å². The number of benzene rings is 1. The Morgan fingerprint density at radius 1 is 1.37 bits per heavy atom. The van der Waals surface area contributed by atoms with Crippen LogP contribution in [0.25, 0.3) is 22.2 Å². The number of carboxylic acid groups (broad SMARTS) is 1. The van der Waals surface area contributed by atoms with Crippen molar-refractivity contribution in [2.75, 3.05) is 7.05 Å². The van der Waals surface area contributed by atoms with Crippen LogP contribution in [0.15, 0.2) is 23.0 Å². The highest BCUT2D eigenvalue weighted by atomic mass is 35.5. The second-order valence-electron chi connectivity index (χ2n) is 7.52. The quantitative estimate of drug-likeness (QED) is 0.470. The van der Waals surface area contributed by atoms with Crippen molar-refractivity contribution in [3.63, 3.8) is 0 Å². The molecule has 1 atom stereocenters. The van der Waals surface area contributed by atoms with Crippen LogP contribution in [-0.2, 0) is 20.0 Å². The third-order valence-corrected chi connectivity index (χ3v) is 5.74. The minimum absolute atomic E-state index is 0. The van der Waals surface area contributed by atoms with Crippen LogP contribution in [0.2, 0.25) is 0 Å². The molecule has 4 N–H and O–H groups in total. The van der Waals surface area contributed by atoms with Gasteiger partial charge in [-0.3, -0.25) is 4.79 Å². The summed E-state index contributed by atoms with van der Waals surface area (Å²) in [5.41, 5.74) is 4.40. The van der Waals surface area contributed by atoms with E-state index in [9.17, 15) is 14.7 Å². The van der Waals surface area contributed by atoms with Crippen LogP contribution in [0.1, 0.15) is 36.1 Å². The molecule has 0 radical (unpaired) electrons. The highest BCUT2D eigenvalue weighted by Crippen LogP contribution is 2.43. The van der Waals surface area contributed by atoms with Gasteiger partial charge in [-0.15, -0.1) is 12.4 Å². The molecule has 1 aromatic carbocycles. The number of ether oxygens (including phenoxy) is 1. The average Bonchev–Trinajstić information content (AvgIpc) is 2.90. The highest BCUT2D eigenvalue weighted by Gasteiger charge is 2.27. The van der Waals surface area contributed by atoms with Crippen molar-refractivity contribution in [3.05, 3.63) is 45.4 Å². The molecule has 0 amide bonds. The Balaban J connectivity index is 0.00000256. The van der Waals surface area contributed by atoms with Gasteiger partial charge in [0.15, 0.2) is 5.75 Å². The van der Waals surface area contributed by atoms with Crippen LogP contribution in [0, 0.1) is 0 Å². The number of nitrogens with one attached hydrogen (secondary N) is 2. The lowest BCUT2D eigenvalue weighted by Crippen LogP contribution is -2.17.